The Morgan fingerprint density at radius 1 is 1.06 bits per heavy atom. The molecule has 0 aliphatic heterocycles. The smallest absolute Gasteiger partial charge is 0.188 e. The van der Waals surface area contributed by atoms with Gasteiger partial charge < -0.3 is 0 Å². The predicted molar refractivity (Wildman–Crippen MR) is 64.0 cm³/mol. The monoisotopic (exact) mass is 265 g/mol. The SMILES string of the molecule is Clc1ccc(-c2nnc3cc(Cl)ncn23)nc1. The van der Waals surface area contributed by atoms with Crippen LogP contribution in [-0.4, -0.2) is 24.6 Å². The van der Waals surface area contributed by atoms with Crippen molar-refractivity contribution >= 4 is 28.8 Å². The molecule has 84 valence electrons. The topological polar surface area (TPSA) is 56.0 Å². The van der Waals surface area contributed by atoms with Gasteiger partial charge in [-0.1, -0.05) is 23.2 Å². The van der Waals surface area contributed by atoms with Gasteiger partial charge in [0.2, 0.25) is 0 Å². The van der Waals surface area contributed by atoms with E-state index < -0.39 is 0 Å². The molecule has 17 heavy (non-hydrogen) atoms. The molecule has 7 heteroatoms. The molecule has 0 saturated carbocycles. The zero-order chi connectivity index (χ0) is 11.8. The fraction of sp³-hybridized carbons (Fsp3) is 0. The first-order valence-electron chi connectivity index (χ1n) is 4.72. The Morgan fingerprint density at radius 2 is 1.94 bits per heavy atom. The summed E-state index contributed by atoms with van der Waals surface area (Å²) < 4.78 is 1.71. The fourth-order valence-corrected chi connectivity index (χ4v) is 1.71. The molecule has 0 amide bonds. The predicted octanol–water partition coefficient (Wildman–Crippen LogP) is 2.49. The van der Waals surface area contributed by atoms with E-state index in [9.17, 15) is 0 Å². The molecular weight excluding hydrogens is 261 g/mol. The van der Waals surface area contributed by atoms with Crippen LogP contribution in [0.15, 0.2) is 30.7 Å². The van der Waals surface area contributed by atoms with Crippen molar-refractivity contribution in [2.24, 2.45) is 0 Å². The first kappa shape index (κ1) is 10.4. The molecule has 0 aliphatic rings. The minimum atomic E-state index is 0.375. The van der Waals surface area contributed by atoms with Crippen molar-refractivity contribution in [1.82, 2.24) is 24.6 Å². The second kappa shape index (κ2) is 3.94. The Bertz CT molecular complexity index is 677. The Hall–Kier alpha value is -1.72. The minimum absolute atomic E-state index is 0.375. The Kier molecular flexibility index (Phi) is 2.42. The lowest BCUT2D eigenvalue weighted by atomic mass is 10.3. The summed E-state index contributed by atoms with van der Waals surface area (Å²) in [5.41, 5.74) is 1.29. The van der Waals surface area contributed by atoms with E-state index in [2.05, 4.69) is 20.2 Å². The third-order valence-electron chi connectivity index (χ3n) is 2.22. The summed E-state index contributed by atoms with van der Waals surface area (Å²) in [6.45, 7) is 0. The van der Waals surface area contributed by atoms with Gasteiger partial charge in [0.05, 0.1) is 5.02 Å². The Balaban J connectivity index is 2.21. The van der Waals surface area contributed by atoms with Crippen molar-refractivity contribution in [3.63, 3.8) is 0 Å². The van der Waals surface area contributed by atoms with Gasteiger partial charge in [-0.3, -0.25) is 9.38 Å². The molecular formula is C10H5Cl2N5. The summed E-state index contributed by atoms with van der Waals surface area (Å²) in [5, 5.41) is 8.99. The van der Waals surface area contributed by atoms with Crippen molar-refractivity contribution in [3.8, 4) is 11.5 Å². The maximum absolute atomic E-state index is 5.78. The highest BCUT2D eigenvalue weighted by atomic mass is 35.5. The second-order valence-electron chi connectivity index (χ2n) is 3.33. The van der Waals surface area contributed by atoms with Crippen molar-refractivity contribution in [2.75, 3.05) is 0 Å². The van der Waals surface area contributed by atoms with Crippen LogP contribution < -0.4 is 0 Å². The highest BCUT2D eigenvalue weighted by Crippen LogP contribution is 2.18. The van der Waals surface area contributed by atoms with Crippen LogP contribution in [0.4, 0.5) is 0 Å². The molecule has 0 fully saturated rings. The van der Waals surface area contributed by atoms with Gasteiger partial charge in [0.25, 0.3) is 0 Å². The van der Waals surface area contributed by atoms with E-state index >= 15 is 0 Å². The van der Waals surface area contributed by atoms with E-state index in [1.165, 1.54) is 0 Å². The van der Waals surface area contributed by atoms with Crippen LogP contribution in [-0.2, 0) is 0 Å². The lowest BCUT2D eigenvalue weighted by molar-refractivity contribution is 1.06. The molecule has 0 atom stereocenters. The molecule has 0 N–H and O–H groups in total. The number of hydrogen-bond donors (Lipinski definition) is 0. The molecule has 0 aromatic carbocycles. The van der Waals surface area contributed by atoms with Crippen LogP contribution in [0.5, 0.6) is 0 Å². The molecule has 0 saturated heterocycles. The zero-order valence-electron chi connectivity index (χ0n) is 8.38. The largest absolute Gasteiger partial charge is 0.264 e. The minimum Gasteiger partial charge on any atom is -0.264 e. The number of fused-ring (bicyclic) bond motifs is 1. The van der Waals surface area contributed by atoms with Crippen LogP contribution in [0.2, 0.25) is 10.2 Å². The number of hydrogen-bond acceptors (Lipinski definition) is 4. The average Bonchev–Trinajstić information content (AvgIpc) is 2.73. The Labute approximate surface area is 106 Å². The first-order chi connectivity index (χ1) is 8.24. The summed E-state index contributed by atoms with van der Waals surface area (Å²) in [6.07, 6.45) is 3.12. The summed E-state index contributed by atoms with van der Waals surface area (Å²) >= 11 is 11.5. The molecule has 3 heterocycles. The summed E-state index contributed by atoms with van der Waals surface area (Å²) in [6, 6.07) is 5.15. The van der Waals surface area contributed by atoms with Crippen LogP contribution in [0.1, 0.15) is 0 Å². The summed E-state index contributed by atoms with van der Waals surface area (Å²) in [7, 11) is 0. The van der Waals surface area contributed by atoms with E-state index in [0.717, 1.165) is 0 Å². The standard InChI is InChI=1S/C10H5Cl2N5/c11-6-1-2-7(13-4-6)10-16-15-9-3-8(12)14-5-17(9)10/h1-5H. The van der Waals surface area contributed by atoms with Gasteiger partial charge in [-0.05, 0) is 12.1 Å². The maximum atomic E-state index is 5.78. The van der Waals surface area contributed by atoms with E-state index in [1.807, 2.05) is 0 Å². The third kappa shape index (κ3) is 1.83. The van der Waals surface area contributed by atoms with E-state index in [0.29, 0.717) is 27.3 Å². The number of halogens is 2. The highest BCUT2D eigenvalue weighted by molar-refractivity contribution is 6.30. The van der Waals surface area contributed by atoms with Crippen molar-refractivity contribution in [2.45, 2.75) is 0 Å². The Morgan fingerprint density at radius 3 is 2.71 bits per heavy atom. The van der Waals surface area contributed by atoms with Gasteiger partial charge >= 0.3 is 0 Å². The van der Waals surface area contributed by atoms with Crippen molar-refractivity contribution in [1.29, 1.82) is 0 Å². The molecule has 3 aromatic heterocycles. The zero-order valence-corrected chi connectivity index (χ0v) is 9.89. The molecule has 0 aliphatic carbocycles. The van der Waals surface area contributed by atoms with Gasteiger partial charge in [-0.25, -0.2) is 4.98 Å². The highest BCUT2D eigenvalue weighted by Gasteiger charge is 2.09. The van der Waals surface area contributed by atoms with Gasteiger partial charge in [0.1, 0.15) is 17.2 Å². The van der Waals surface area contributed by atoms with E-state index in [-0.39, 0.29) is 0 Å². The number of nitrogens with zero attached hydrogens (tertiary/aromatic N) is 5. The van der Waals surface area contributed by atoms with Crippen LogP contribution in [0.25, 0.3) is 17.2 Å². The normalized spacial score (nSPS) is 10.9. The maximum Gasteiger partial charge on any atom is 0.188 e. The molecule has 0 bridgehead atoms. The van der Waals surface area contributed by atoms with Gasteiger partial charge in [-0.15, -0.1) is 10.2 Å². The van der Waals surface area contributed by atoms with Gasteiger partial charge in [-0.2, -0.15) is 0 Å². The number of aromatic nitrogens is 5. The molecule has 3 aromatic rings. The first-order valence-corrected chi connectivity index (χ1v) is 5.48. The summed E-state index contributed by atoms with van der Waals surface area (Å²) in [5.74, 6) is 0.598. The molecule has 3 rings (SSSR count). The molecule has 0 unspecified atom stereocenters. The lowest BCUT2D eigenvalue weighted by Crippen LogP contribution is -1.92. The quantitative estimate of drug-likeness (QED) is 0.635. The van der Waals surface area contributed by atoms with Gasteiger partial charge in [0.15, 0.2) is 11.5 Å². The van der Waals surface area contributed by atoms with E-state index in [1.54, 1.807) is 35.1 Å². The van der Waals surface area contributed by atoms with Crippen molar-refractivity contribution in [3.05, 3.63) is 40.9 Å². The molecule has 0 spiro atoms. The van der Waals surface area contributed by atoms with E-state index in [4.69, 9.17) is 23.2 Å². The molecule has 5 nitrogen and oxygen atoms in total. The number of rotatable bonds is 1. The summed E-state index contributed by atoms with van der Waals surface area (Å²) in [4.78, 5) is 8.16. The van der Waals surface area contributed by atoms with Crippen LogP contribution in [0.3, 0.4) is 0 Å². The fourth-order valence-electron chi connectivity index (χ4n) is 1.46. The third-order valence-corrected chi connectivity index (χ3v) is 2.65. The second-order valence-corrected chi connectivity index (χ2v) is 4.15. The van der Waals surface area contributed by atoms with Crippen LogP contribution >= 0.6 is 23.2 Å². The van der Waals surface area contributed by atoms with Crippen LogP contribution in [0, 0.1) is 0 Å². The number of pyridine rings is 1. The van der Waals surface area contributed by atoms with Crippen molar-refractivity contribution < 1.29 is 0 Å². The molecule has 0 radical (unpaired) electrons. The lowest BCUT2D eigenvalue weighted by Gasteiger charge is -1.98. The average molecular weight is 266 g/mol. The van der Waals surface area contributed by atoms with Gasteiger partial charge in [0, 0.05) is 12.3 Å².